The van der Waals surface area contributed by atoms with Gasteiger partial charge in [0.25, 0.3) is 5.91 Å². The molecule has 0 heterocycles. The lowest BCUT2D eigenvalue weighted by molar-refractivity contribution is -0.159. The molecule has 0 fully saturated rings. The van der Waals surface area contributed by atoms with E-state index in [1.165, 1.54) is 0 Å². The minimum Gasteiger partial charge on any atom is -0.478 e. The van der Waals surface area contributed by atoms with Gasteiger partial charge < -0.3 is 14.7 Å². The van der Waals surface area contributed by atoms with Crippen molar-refractivity contribution in [1.82, 2.24) is 9.96 Å². The van der Waals surface area contributed by atoms with Gasteiger partial charge in [-0.25, -0.2) is 14.7 Å². The van der Waals surface area contributed by atoms with Crippen molar-refractivity contribution in [2.45, 2.75) is 19.6 Å². The Balaban J connectivity index is 1.40. The molecule has 9 nitrogen and oxygen atoms in total. The van der Waals surface area contributed by atoms with Gasteiger partial charge in [0.15, 0.2) is 0 Å². The molecule has 3 rings (SSSR count). The molecule has 0 saturated heterocycles. The number of nitrogens with one attached hydrogen (secondary N) is 1. The Hall–Kier alpha value is -4.21. The zero-order chi connectivity index (χ0) is 25.9. The molecule has 3 aromatic rings. The molecule has 0 bridgehead atoms. The molecule has 2 amide bonds. The van der Waals surface area contributed by atoms with Crippen LogP contribution < -0.4 is 5.32 Å². The summed E-state index contributed by atoms with van der Waals surface area (Å²) in [5, 5.41) is 23.5. The lowest BCUT2D eigenvalue weighted by Crippen LogP contribution is -2.29. The van der Waals surface area contributed by atoms with E-state index in [2.05, 4.69) is 5.32 Å². The number of carboxylic acids is 1. The van der Waals surface area contributed by atoms with Crippen LogP contribution in [0.1, 0.15) is 17.5 Å². The number of amides is 2. The van der Waals surface area contributed by atoms with Gasteiger partial charge in [0.05, 0.1) is 5.69 Å². The van der Waals surface area contributed by atoms with E-state index in [0.29, 0.717) is 36.3 Å². The topological polar surface area (TPSA) is 119 Å². The van der Waals surface area contributed by atoms with Crippen LogP contribution in [-0.2, 0) is 27.5 Å². The van der Waals surface area contributed by atoms with Crippen molar-refractivity contribution in [3.8, 4) is 0 Å². The maximum Gasteiger partial charge on any atom is 0.411 e. The molecule has 0 aromatic heterocycles. The molecule has 36 heavy (non-hydrogen) atoms. The second-order valence-corrected chi connectivity index (χ2v) is 8.27. The maximum atomic E-state index is 12.3. The summed E-state index contributed by atoms with van der Waals surface area (Å²) in [7, 11) is 1.92. The fourth-order valence-corrected chi connectivity index (χ4v) is 3.59. The number of anilines is 1. The van der Waals surface area contributed by atoms with Crippen molar-refractivity contribution in [1.29, 1.82) is 0 Å². The third-order valence-corrected chi connectivity index (χ3v) is 5.40. The highest BCUT2D eigenvalue weighted by Gasteiger charge is 2.10. The van der Waals surface area contributed by atoms with Gasteiger partial charge in [-0.3, -0.25) is 15.3 Å². The lowest BCUT2D eigenvalue weighted by atomic mass is 10.1. The first-order valence-corrected chi connectivity index (χ1v) is 11.4. The molecule has 9 heteroatoms. The van der Waals surface area contributed by atoms with Crippen molar-refractivity contribution >= 4 is 34.4 Å². The zero-order valence-corrected chi connectivity index (χ0v) is 20.0. The molecule has 0 atom stereocenters. The van der Waals surface area contributed by atoms with Gasteiger partial charge in [0, 0.05) is 30.6 Å². The van der Waals surface area contributed by atoms with Gasteiger partial charge in [-0.2, -0.15) is 0 Å². The summed E-state index contributed by atoms with van der Waals surface area (Å²) in [6.45, 7) is 1.50. The van der Waals surface area contributed by atoms with E-state index in [0.717, 1.165) is 28.0 Å². The summed E-state index contributed by atoms with van der Waals surface area (Å²) in [5.74, 6) is -2.03. The summed E-state index contributed by atoms with van der Waals surface area (Å²) in [6, 6.07) is 21.2. The quantitative estimate of drug-likeness (QED) is 0.208. The average molecular weight is 492 g/mol. The molecule has 188 valence electrons. The molecule has 3 aromatic carbocycles. The van der Waals surface area contributed by atoms with E-state index in [1.807, 2.05) is 78.7 Å². The standard InChI is InChI=1S/C27H29N3O6/c1-29(16-5-17-30(35)25(31)14-15-26(32)33)18-20-10-12-21(13-11-20)19-36-27(34)28-24-9-4-7-22-6-2-3-8-23(22)24/h2-4,6-15,35H,5,16-19H2,1H3,(H,28,34)(H,32,33). The van der Waals surface area contributed by atoms with E-state index in [9.17, 15) is 19.6 Å². The molecule has 0 aliphatic carbocycles. The van der Waals surface area contributed by atoms with Crippen molar-refractivity contribution < 1.29 is 29.4 Å². The number of carboxylic acid groups (broad SMARTS) is 1. The Labute approximate surface area is 209 Å². The van der Waals surface area contributed by atoms with Crippen LogP contribution in [0.15, 0.2) is 78.9 Å². The highest BCUT2D eigenvalue weighted by atomic mass is 16.5. The number of ether oxygens (including phenoxy) is 1. The molecular formula is C27H29N3O6. The van der Waals surface area contributed by atoms with Gasteiger partial charge in [-0.15, -0.1) is 0 Å². The monoisotopic (exact) mass is 491 g/mol. The Kier molecular flexibility index (Phi) is 9.56. The number of benzene rings is 3. The number of hydroxylamine groups is 2. The molecule has 0 aliphatic heterocycles. The SMILES string of the molecule is CN(CCCN(O)C(=O)C=CC(=O)O)Cc1ccc(COC(=O)Nc2cccc3ccccc23)cc1. The number of hydrogen-bond acceptors (Lipinski definition) is 6. The third-order valence-electron chi connectivity index (χ3n) is 5.40. The van der Waals surface area contributed by atoms with Gasteiger partial charge >= 0.3 is 12.1 Å². The van der Waals surface area contributed by atoms with Crippen molar-refractivity contribution in [3.63, 3.8) is 0 Å². The molecule has 0 aliphatic rings. The number of aliphatic carboxylic acids is 1. The number of carbonyl (C=O) groups excluding carboxylic acids is 2. The van der Waals surface area contributed by atoms with E-state index in [-0.39, 0.29) is 13.2 Å². The molecule has 3 N–H and O–H groups in total. The fraction of sp³-hybridized carbons (Fsp3) is 0.222. The molecule has 0 saturated carbocycles. The van der Waals surface area contributed by atoms with Crippen molar-refractivity contribution in [2.24, 2.45) is 0 Å². The van der Waals surface area contributed by atoms with Gasteiger partial charge in [-0.05, 0) is 42.6 Å². The Morgan fingerprint density at radius 3 is 2.36 bits per heavy atom. The number of carbonyl (C=O) groups is 3. The Morgan fingerprint density at radius 1 is 0.917 bits per heavy atom. The molecular weight excluding hydrogens is 462 g/mol. The van der Waals surface area contributed by atoms with Crippen LogP contribution in [-0.4, -0.2) is 58.4 Å². The van der Waals surface area contributed by atoms with E-state index >= 15 is 0 Å². The van der Waals surface area contributed by atoms with Crippen LogP contribution in [0.3, 0.4) is 0 Å². The minimum atomic E-state index is -1.25. The van der Waals surface area contributed by atoms with Gasteiger partial charge in [0.2, 0.25) is 0 Å². The van der Waals surface area contributed by atoms with E-state index in [1.54, 1.807) is 0 Å². The fourth-order valence-electron chi connectivity index (χ4n) is 3.59. The highest BCUT2D eigenvalue weighted by molar-refractivity contribution is 6.00. The predicted octanol–water partition coefficient (Wildman–Crippen LogP) is 4.27. The number of fused-ring (bicyclic) bond motifs is 1. The minimum absolute atomic E-state index is 0.0875. The van der Waals surface area contributed by atoms with Crippen LogP contribution >= 0.6 is 0 Å². The number of nitrogens with zero attached hydrogens (tertiary/aromatic N) is 2. The normalized spacial score (nSPS) is 11.1. The summed E-state index contributed by atoms with van der Waals surface area (Å²) >= 11 is 0. The second kappa shape index (κ2) is 13.0. The molecule has 0 spiro atoms. The van der Waals surface area contributed by atoms with Crippen LogP contribution in [0.25, 0.3) is 10.8 Å². The number of hydrogen-bond donors (Lipinski definition) is 3. The first kappa shape index (κ1) is 26.4. The van der Waals surface area contributed by atoms with Gasteiger partial charge in [-0.1, -0.05) is 60.7 Å². The van der Waals surface area contributed by atoms with Crippen molar-refractivity contribution in [2.75, 3.05) is 25.5 Å². The average Bonchev–Trinajstić information content (AvgIpc) is 2.87. The van der Waals surface area contributed by atoms with Gasteiger partial charge in [0.1, 0.15) is 6.61 Å². The van der Waals surface area contributed by atoms with E-state index in [4.69, 9.17) is 9.84 Å². The first-order valence-electron chi connectivity index (χ1n) is 11.4. The highest BCUT2D eigenvalue weighted by Crippen LogP contribution is 2.23. The first-order chi connectivity index (χ1) is 17.3. The largest absolute Gasteiger partial charge is 0.478 e. The second-order valence-electron chi connectivity index (χ2n) is 8.27. The summed E-state index contributed by atoms with van der Waals surface area (Å²) < 4.78 is 5.37. The van der Waals surface area contributed by atoms with Crippen LogP contribution in [0, 0.1) is 0 Å². The number of rotatable bonds is 11. The lowest BCUT2D eigenvalue weighted by Gasteiger charge is -2.19. The zero-order valence-electron chi connectivity index (χ0n) is 20.0. The summed E-state index contributed by atoms with van der Waals surface area (Å²) in [5.41, 5.74) is 2.61. The van der Waals surface area contributed by atoms with Crippen LogP contribution in [0.2, 0.25) is 0 Å². The molecule has 0 unspecified atom stereocenters. The van der Waals surface area contributed by atoms with Crippen LogP contribution in [0.4, 0.5) is 10.5 Å². The summed E-state index contributed by atoms with van der Waals surface area (Å²) in [4.78, 5) is 36.3. The van der Waals surface area contributed by atoms with Crippen molar-refractivity contribution in [3.05, 3.63) is 90.0 Å². The smallest absolute Gasteiger partial charge is 0.411 e. The Morgan fingerprint density at radius 2 is 1.61 bits per heavy atom. The van der Waals surface area contributed by atoms with E-state index < -0.39 is 18.0 Å². The summed E-state index contributed by atoms with van der Waals surface area (Å²) in [6.07, 6.45) is 1.48. The molecule has 0 radical (unpaired) electrons. The maximum absolute atomic E-state index is 12.3. The predicted molar refractivity (Wildman–Crippen MR) is 135 cm³/mol. The third kappa shape index (κ3) is 8.23. The van der Waals surface area contributed by atoms with Crippen LogP contribution in [0.5, 0.6) is 0 Å². The Bertz CT molecular complexity index is 1220.